The van der Waals surface area contributed by atoms with Gasteiger partial charge in [-0.05, 0) is 66.0 Å². The lowest BCUT2D eigenvalue weighted by Gasteiger charge is -2.28. The van der Waals surface area contributed by atoms with Crippen molar-refractivity contribution in [2.45, 2.75) is 38.6 Å². The molecule has 1 heterocycles. The monoisotopic (exact) mass is 362 g/mol. The van der Waals surface area contributed by atoms with Crippen molar-refractivity contribution in [3.05, 3.63) is 28.4 Å². The van der Waals surface area contributed by atoms with Gasteiger partial charge < -0.3 is 20.2 Å². The molecule has 2 bridgehead atoms. The Kier molecular flexibility index (Phi) is 5.34. The van der Waals surface area contributed by atoms with Crippen molar-refractivity contribution in [2.24, 2.45) is 17.8 Å². The van der Waals surface area contributed by atoms with E-state index < -0.39 is 29.3 Å². The largest absolute Gasteiger partial charge is 0.476 e. The molecule has 0 saturated heterocycles. The summed E-state index contributed by atoms with van der Waals surface area (Å²) in [5.74, 6) is 0.630. The Labute approximate surface area is 150 Å². The predicted molar refractivity (Wildman–Crippen MR) is 91.5 cm³/mol. The minimum absolute atomic E-state index is 0.00145. The number of nitrogens with zero attached hydrogens (tertiary/aromatic N) is 2. The number of nitrogens with one attached hydrogen (secondary N) is 2. The highest BCUT2D eigenvalue weighted by molar-refractivity contribution is 5.95. The van der Waals surface area contributed by atoms with Crippen LogP contribution in [0.15, 0.2) is 18.3 Å². The average molecular weight is 362 g/mol. The van der Waals surface area contributed by atoms with Crippen LogP contribution in [0.5, 0.6) is 5.75 Å². The maximum absolute atomic E-state index is 12.0. The number of hydrogen-bond donors (Lipinski definition) is 2. The molecule has 4 atom stereocenters. The fourth-order valence-corrected chi connectivity index (χ4v) is 4.19. The fourth-order valence-electron chi connectivity index (χ4n) is 4.19. The lowest BCUT2D eigenvalue weighted by atomic mass is 9.84. The van der Waals surface area contributed by atoms with Crippen LogP contribution in [0, 0.1) is 27.9 Å². The molecule has 0 aromatic carbocycles. The number of pyridine rings is 1. The first-order valence-electron chi connectivity index (χ1n) is 8.76. The van der Waals surface area contributed by atoms with E-state index in [1.165, 1.54) is 37.6 Å². The summed E-state index contributed by atoms with van der Waals surface area (Å²) in [6.45, 7) is 1.45. The lowest BCUT2D eigenvalue weighted by Crippen LogP contribution is -2.48. The quantitative estimate of drug-likeness (QED) is 0.589. The van der Waals surface area contributed by atoms with Gasteiger partial charge in [0.2, 0.25) is 5.75 Å². The number of urea groups is 1. The van der Waals surface area contributed by atoms with Gasteiger partial charge in [-0.3, -0.25) is 10.1 Å². The third kappa shape index (κ3) is 4.09. The number of carbonyl (C=O) groups is 2. The Morgan fingerprint density at radius 3 is 2.88 bits per heavy atom. The highest BCUT2D eigenvalue weighted by Crippen LogP contribution is 2.49. The zero-order valence-corrected chi connectivity index (χ0v) is 14.5. The Balaban J connectivity index is 1.44. The van der Waals surface area contributed by atoms with Crippen LogP contribution in [0.4, 0.5) is 10.6 Å². The molecule has 4 unspecified atom stereocenters. The first kappa shape index (κ1) is 18.1. The van der Waals surface area contributed by atoms with Crippen LogP contribution in [-0.2, 0) is 4.79 Å². The van der Waals surface area contributed by atoms with Crippen molar-refractivity contribution >= 4 is 17.8 Å². The van der Waals surface area contributed by atoms with Gasteiger partial charge in [0, 0.05) is 6.04 Å². The standard InChI is InChI=1S/C17H22N4O5/c1-10(13-8-11-4-5-12(13)7-11)19-17(23)20-15(22)9-26-14-3-2-6-18-16(14)21(24)25/h2-3,6,10-13H,4-5,7-9H2,1H3,(H2,19,20,22,23). The van der Waals surface area contributed by atoms with Gasteiger partial charge in [-0.1, -0.05) is 6.42 Å². The molecule has 0 spiro atoms. The molecule has 140 valence electrons. The molecule has 1 aromatic heterocycles. The average Bonchev–Trinajstić information content (AvgIpc) is 3.23. The molecule has 2 fully saturated rings. The van der Waals surface area contributed by atoms with Gasteiger partial charge in [-0.2, -0.15) is 0 Å². The molecule has 9 heteroatoms. The van der Waals surface area contributed by atoms with Crippen molar-refractivity contribution < 1.29 is 19.2 Å². The molecular weight excluding hydrogens is 340 g/mol. The van der Waals surface area contributed by atoms with Gasteiger partial charge in [0.25, 0.3) is 5.91 Å². The molecule has 1 aromatic rings. The van der Waals surface area contributed by atoms with Crippen LogP contribution in [0.1, 0.15) is 32.6 Å². The van der Waals surface area contributed by atoms with Crippen molar-refractivity contribution in [1.29, 1.82) is 0 Å². The van der Waals surface area contributed by atoms with Crippen molar-refractivity contribution in [1.82, 2.24) is 15.6 Å². The van der Waals surface area contributed by atoms with E-state index >= 15 is 0 Å². The maximum atomic E-state index is 12.0. The van der Waals surface area contributed by atoms with E-state index in [4.69, 9.17) is 4.74 Å². The summed E-state index contributed by atoms with van der Waals surface area (Å²) in [7, 11) is 0. The number of fused-ring (bicyclic) bond motifs is 2. The summed E-state index contributed by atoms with van der Waals surface area (Å²) in [6.07, 6.45) is 6.15. The molecule has 26 heavy (non-hydrogen) atoms. The lowest BCUT2D eigenvalue weighted by molar-refractivity contribution is -0.390. The van der Waals surface area contributed by atoms with Crippen LogP contribution in [-0.4, -0.2) is 34.5 Å². The number of amides is 3. The summed E-state index contributed by atoms with van der Waals surface area (Å²) in [6, 6.07) is 2.23. The van der Waals surface area contributed by atoms with E-state index in [1.54, 1.807) is 0 Å². The van der Waals surface area contributed by atoms with E-state index in [0.717, 1.165) is 12.3 Å². The van der Waals surface area contributed by atoms with E-state index in [1.807, 2.05) is 6.92 Å². The number of hydrogen-bond acceptors (Lipinski definition) is 6. The number of nitro groups is 1. The Morgan fingerprint density at radius 1 is 1.42 bits per heavy atom. The topological polar surface area (TPSA) is 123 Å². The molecule has 3 amide bonds. The third-order valence-corrected chi connectivity index (χ3v) is 5.33. The summed E-state index contributed by atoms with van der Waals surface area (Å²) in [4.78, 5) is 37.6. The van der Waals surface area contributed by atoms with Gasteiger partial charge in [-0.25, -0.2) is 4.79 Å². The van der Waals surface area contributed by atoms with Crippen molar-refractivity contribution in [3.63, 3.8) is 0 Å². The number of imide groups is 1. The van der Waals surface area contributed by atoms with Gasteiger partial charge in [0.1, 0.15) is 6.20 Å². The minimum atomic E-state index is -0.697. The molecule has 2 N–H and O–H groups in total. The number of rotatable bonds is 6. The second-order valence-electron chi connectivity index (χ2n) is 7.02. The zero-order valence-electron chi connectivity index (χ0n) is 14.5. The van der Waals surface area contributed by atoms with E-state index in [0.29, 0.717) is 11.8 Å². The van der Waals surface area contributed by atoms with Crippen LogP contribution >= 0.6 is 0 Å². The molecule has 2 saturated carbocycles. The highest BCUT2D eigenvalue weighted by Gasteiger charge is 2.42. The van der Waals surface area contributed by atoms with Crippen LogP contribution in [0.2, 0.25) is 0 Å². The SMILES string of the molecule is CC(NC(=O)NC(=O)COc1cccnc1[N+](=O)[O-])C1CC2CCC1C2. The van der Waals surface area contributed by atoms with Gasteiger partial charge in [-0.15, -0.1) is 0 Å². The minimum Gasteiger partial charge on any atom is -0.476 e. The molecule has 0 aliphatic heterocycles. The van der Waals surface area contributed by atoms with E-state index in [2.05, 4.69) is 15.6 Å². The molecule has 2 aliphatic carbocycles. The van der Waals surface area contributed by atoms with Crippen LogP contribution in [0.3, 0.4) is 0 Å². The Bertz CT molecular complexity index is 710. The Hall–Kier alpha value is -2.71. The number of aromatic nitrogens is 1. The third-order valence-electron chi connectivity index (χ3n) is 5.33. The highest BCUT2D eigenvalue weighted by atomic mass is 16.6. The maximum Gasteiger partial charge on any atom is 0.406 e. The number of carbonyl (C=O) groups excluding carboxylic acids is 2. The van der Waals surface area contributed by atoms with Gasteiger partial charge in [0.15, 0.2) is 6.61 Å². The second kappa shape index (κ2) is 7.67. The molecule has 0 radical (unpaired) electrons. The second-order valence-corrected chi connectivity index (χ2v) is 7.02. The summed E-state index contributed by atoms with van der Waals surface area (Å²) in [5, 5.41) is 15.9. The zero-order chi connectivity index (χ0) is 18.7. The molecule has 3 rings (SSSR count). The van der Waals surface area contributed by atoms with Gasteiger partial charge >= 0.3 is 11.8 Å². The number of ether oxygens (including phenoxy) is 1. The summed E-state index contributed by atoms with van der Waals surface area (Å²) >= 11 is 0. The summed E-state index contributed by atoms with van der Waals surface area (Å²) in [5.41, 5.74) is 0. The van der Waals surface area contributed by atoms with E-state index in [-0.39, 0.29) is 11.8 Å². The first-order chi connectivity index (χ1) is 12.4. The van der Waals surface area contributed by atoms with Crippen molar-refractivity contribution in [3.8, 4) is 5.75 Å². The summed E-state index contributed by atoms with van der Waals surface area (Å²) < 4.78 is 5.11. The fraction of sp³-hybridized carbons (Fsp3) is 0.588. The predicted octanol–water partition coefficient (Wildman–Crippen LogP) is 2.02. The van der Waals surface area contributed by atoms with Gasteiger partial charge in [0.05, 0.1) is 0 Å². The smallest absolute Gasteiger partial charge is 0.406 e. The normalized spacial score (nSPS) is 24.7. The van der Waals surface area contributed by atoms with Crippen molar-refractivity contribution in [2.75, 3.05) is 6.61 Å². The molecule has 9 nitrogen and oxygen atoms in total. The van der Waals surface area contributed by atoms with Crippen LogP contribution in [0.25, 0.3) is 0 Å². The first-order valence-corrected chi connectivity index (χ1v) is 8.76. The Morgan fingerprint density at radius 2 is 2.23 bits per heavy atom. The molecular formula is C17H22N4O5. The van der Waals surface area contributed by atoms with E-state index in [9.17, 15) is 19.7 Å². The van der Waals surface area contributed by atoms with Crippen LogP contribution < -0.4 is 15.4 Å². The molecule has 2 aliphatic rings.